The molecular weight excluding hydrogens is 228 g/mol. The van der Waals surface area contributed by atoms with E-state index >= 15 is 0 Å². The summed E-state index contributed by atoms with van der Waals surface area (Å²) in [5, 5.41) is 0. The average Bonchev–Trinajstić information content (AvgIpc) is 2.39. The minimum absolute atomic E-state index is 1.14. The van der Waals surface area contributed by atoms with Crippen molar-refractivity contribution < 1.29 is 0 Å². The molecule has 0 radical (unpaired) electrons. The monoisotopic (exact) mass is 260 g/mol. The van der Waals surface area contributed by atoms with Crippen LogP contribution in [0.15, 0.2) is 48.1 Å². The van der Waals surface area contributed by atoms with Crippen molar-refractivity contribution in [1.29, 1.82) is 0 Å². The summed E-state index contributed by atoms with van der Waals surface area (Å²) in [6.45, 7) is 18.2. The van der Waals surface area contributed by atoms with Crippen molar-refractivity contribution in [1.82, 2.24) is 0 Å². The summed E-state index contributed by atoms with van der Waals surface area (Å²) in [6.07, 6.45) is 4.47. The summed E-state index contributed by atoms with van der Waals surface area (Å²) in [5.74, 6) is 0. The fraction of sp³-hybridized carbons (Fsp3) is 0.474. The molecule has 0 aliphatic rings. The molecular formula is C19H32. The third-order valence-corrected chi connectivity index (χ3v) is 2.58. The number of aryl methyl sites for hydroxylation is 2. The molecule has 19 heavy (non-hydrogen) atoms. The number of allylic oxidation sites excluding steroid dienone is 3. The van der Waals surface area contributed by atoms with E-state index in [1.165, 1.54) is 28.7 Å². The van der Waals surface area contributed by atoms with Gasteiger partial charge in [-0.2, -0.15) is 0 Å². The molecule has 0 N–H and O–H groups in total. The van der Waals surface area contributed by atoms with Gasteiger partial charge in [0.05, 0.1) is 0 Å². The van der Waals surface area contributed by atoms with E-state index in [1.807, 2.05) is 13.8 Å². The van der Waals surface area contributed by atoms with Crippen LogP contribution in [-0.4, -0.2) is 0 Å². The number of hydrogen-bond donors (Lipinski definition) is 0. The first-order valence-electron chi connectivity index (χ1n) is 7.16. The lowest BCUT2D eigenvalue weighted by atomic mass is 10.1. The third-order valence-electron chi connectivity index (χ3n) is 2.58. The molecule has 0 heteroatoms. The summed E-state index contributed by atoms with van der Waals surface area (Å²) >= 11 is 0. The predicted molar refractivity (Wildman–Crippen MR) is 90.8 cm³/mol. The lowest BCUT2D eigenvalue weighted by Crippen LogP contribution is -1.77. The summed E-state index contributed by atoms with van der Waals surface area (Å²) in [6, 6.07) is 8.66. The van der Waals surface area contributed by atoms with Crippen molar-refractivity contribution in [3.05, 3.63) is 59.2 Å². The highest BCUT2D eigenvalue weighted by atomic mass is 13.9. The van der Waals surface area contributed by atoms with E-state index in [0.717, 1.165) is 6.42 Å². The van der Waals surface area contributed by atoms with Gasteiger partial charge in [0, 0.05) is 0 Å². The normalized spacial score (nSPS) is 9.74. The minimum atomic E-state index is 1.14. The van der Waals surface area contributed by atoms with E-state index in [2.05, 4.69) is 71.5 Å². The highest BCUT2D eigenvalue weighted by molar-refractivity contribution is 5.20. The van der Waals surface area contributed by atoms with Gasteiger partial charge in [0.2, 0.25) is 0 Å². The second kappa shape index (κ2) is 13.1. The first kappa shape index (κ1) is 20.0. The molecule has 0 heterocycles. The van der Waals surface area contributed by atoms with Gasteiger partial charge in [-0.3, -0.25) is 0 Å². The Labute approximate surface area is 121 Å². The number of rotatable bonds is 2. The van der Waals surface area contributed by atoms with Gasteiger partial charge in [-0.15, -0.1) is 6.58 Å². The van der Waals surface area contributed by atoms with Gasteiger partial charge < -0.3 is 0 Å². The third kappa shape index (κ3) is 16.7. The van der Waals surface area contributed by atoms with Crippen LogP contribution in [0.3, 0.4) is 0 Å². The van der Waals surface area contributed by atoms with Gasteiger partial charge in [-0.1, -0.05) is 60.9 Å². The topological polar surface area (TPSA) is 0 Å². The number of benzene rings is 1. The Morgan fingerprint density at radius 1 is 1.05 bits per heavy atom. The zero-order chi connectivity index (χ0) is 15.3. The van der Waals surface area contributed by atoms with E-state index in [0.29, 0.717) is 0 Å². The molecule has 0 nitrogen and oxygen atoms in total. The SMILES string of the molecule is C/C=C(\C)CC.C=C(C)C.CCc1ccc(C)cc1. The smallest absolute Gasteiger partial charge is 0.0307 e. The molecule has 0 saturated carbocycles. The maximum Gasteiger partial charge on any atom is -0.0307 e. The lowest BCUT2D eigenvalue weighted by Gasteiger charge is -1.94. The molecule has 1 aromatic rings. The summed E-state index contributed by atoms with van der Waals surface area (Å²) in [4.78, 5) is 0. The van der Waals surface area contributed by atoms with Crippen molar-refractivity contribution in [2.45, 2.75) is 61.3 Å². The van der Waals surface area contributed by atoms with Crippen LogP contribution >= 0.6 is 0 Å². The fourth-order valence-electron chi connectivity index (χ4n) is 1.03. The quantitative estimate of drug-likeness (QED) is 0.532. The zero-order valence-corrected chi connectivity index (χ0v) is 14.0. The summed E-state index contributed by atoms with van der Waals surface area (Å²) < 4.78 is 0. The van der Waals surface area contributed by atoms with E-state index in [9.17, 15) is 0 Å². The Morgan fingerprint density at radius 3 is 1.68 bits per heavy atom. The molecule has 0 fully saturated rings. The fourth-order valence-corrected chi connectivity index (χ4v) is 1.03. The molecule has 0 amide bonds. The van der Waals surface area contributed by atoms with Crippen molar-refractivity contribution in [3.63, 3.8) is 0 Å². The Hall–Kier alpha value is -1.30. The maximum absolute atomic E-state index is 3.56. The Bertz CT molecular complexity index is 348. The van der Waals surface area contributed by atoms with Crippen LogP contribution in [-0.2, 0) is 6.42 Å². The Kier molecular flexibility index (Phi) is 13.8. The van der Waals surface area contributed by atoms with Gasteiger partial charge in [0.1, 0.15) is 0 Å². The van der Waals surface area contributed by atoms with Gasteiger partial charge in [0.25, 0.3) is 0 Å². The van der Waals surface area contributed by atoms with Crippen LogP contribution in [0.5, 0.6) is 0 Å². The van der Waals surface area contributed by atoms with E-state index in [4.69, 9.17) is 0 Å². The summed E-state index contributed by atoms with van der Waals surface area (Å²) in [5.41, 5.74) is 5.39. The maximum atomic E-state index is 3.56. The zero-order valence-electron chi connectivity index (χ0n) is 14.0. The van der Waals surface area contributed by atoms with Crippen LogP contribution in [0.2, 0.25) is 0 Å². The molecule has 108 valence electrons. The van der Waals surface area contributed by atoms with Crippen LogP contribution in [0, 0.1) is 6.92 Å². The highest BCUT2D eigenvalue weighted by Gasteiger charge is 1.84. The van der Waals surface area contributed by atoms with E-state index in [-0.39, 0.29) is 0 Å². The second-order valence-electron chi connectivity index (χ2n) is 5.03. The van der Waals surface area contributed by atoms with Crippen molar-refractivity contribution >= 4 is 0 Å². The molecule has 0 aromatic heterocycles. The van der Waals surface area contributed by atoms with Gasteiger partial charge in [0.15, 0.2) is 0 Å². The largest absolute Gasteiger partial charge is 0.100 e. The van der Waals surface area contributed by atoms with E-state index < -0.39 is 0 Å². The van der Waals surface area contributed by atoms with Gasteiger partial charge >= 0.3 is 0 Å². The van der Waals surface area contributed by atoms with Crippen LogP contribution in [0.4, 0.5) is 0 Å². The Morgan fingerprint density at radius 2 is 1.47 bits per heavy atom. The van der Waals surface area contributed by atoms with E-state index in [1.54, 1.807) is 0 Å². The summed E-state index contributed by atoms with van der Waals surface area (Å²) in [7, 11) is 0. The van der Waals surface area contributed by atoms with Crippen LogP contribution in [0.1, 0.15) is 59.1 Å². The van der Waals surface area contributed by atoms with Crippen molar-refractivity contribution in [2.24, 2.45) is 0 Å². The molecule has 0 spiro atoms. The molecule has 1 aromatic carbocycles. The minimum Gasteiger partial charge on any atom is -0.100 e. The molecule has 1 rings (SSSR count). The average molecular weight is 260 g/mol. The second-order valence-corrected chi connectivity index (χ2v) is 5.03. The first-order chi connectivity index (χ1) is 8.87. The van der Waals surface area contributed by atoms with Crippen LogP contribution in [0.25, 0.3) is 0 Å². The van der Waals surface area contributed by atoms with Crippen LogP contribution < -0.4 is 0 Å². The molecule has 0 aliphatic heterocycles. The lowest BCUT2D eigenvalue weighted by molar-refractivity contribution is 1.09. The van der Waals surface area contributed by atoms with Gasteiger partial charge in [-0.25, -0.2) is 0 Å². The van der Waals surface area contributed by atoms with Crippen molar-refractivity contribution in [2.75, 3.05) is 0 Å². The van der Waals surface area contributed by atoms with Crippen molar-refractivity contribution in [3.8, 4) is 0 Å². The number of hydrogen-bond acceptors (Lipinski definition) is 0. The Balaban J connectivity index is 0. The predicted octanol–water partition coefficient (Wildman–Crippen LogP) is 6.50. The molecule has 0 aliphatic carbocycles. The molecule has 0 atom stereocenters. The first-order valence-corrected chi connectivity index (χ1v) is 7.16. The standard InChI is InChI=1S/C9H12.C6H12.C4H8/c1-3-9-6-4-8(2)5-7-9;1-4-6(3)5-2;1-4(2)3/h4-7H,3H2,1-2H3;4H,5H2,1-3H3;1H2,2-3H3/b;6-4+;. The molecule has 0 unspecified atom stereocenters. The highest BCUT2D eigenvalue weighted by Crippen LogP contribution is 2.02. The molecule has 0 bridgehead atoms. The van der Waals surface area contributed by atoms with Gasteiger partial charge in [-0.05, 0) is 53.0 Å². The molecule has 0 saturated heterocycles.